The van der Waals surface area contributed by atoms with E-state index in [0.29, 0.717) is 6.04 Å². The first kappa shape index (κ1) is 16.3. The topological polar surface area (TPSA) is 15.3 Å². The summed E-state index contributed by atoms with van der Waals surface area (Å²) in [5.74, 6) is 4.24. The van der Waals surface area contributed by atoms with E-state index in [1.807, 2.05) is 0 Å². The van der Waals surface area contributed by atoms with Crippen molar-refractivity contribution in [2.75, 3.05) is 37.7 Å². The molecule has 1 aliphatic rings. The molecule has 0 atom stereocenters. The minimum Gasteiger partial charge on any atom is -0.313 e. The van der Waals surface area contributed by atoms with Crippen LogP contribution in [0.15, 0.2) is 0 Å². The summed E-state index contributed by atoms with van der Waals surface area (Å²) in [5.41, 5.74) is 0. The molecule has 1 fully saturated rings. The second kappa shape index (κ2) is 9.22. The van der Waals surface area contributed by atoms with E-state index < -0.39 is 0 Å². The lowest BCUT2D eigenvalue weighted by Gasteiger charge is -2.28. The standard InChI is InChI=1S/C15H32N2S/c1-13(2)11-15(12-14(3)4)16-5-6-17-7-9-18-10-8-17/h13-16H,5-12H2,1-4H3. The van der Waals surface area contributed by atoms with Crippen LogP contribution in [0.25, 0.3) is 0 Å². The molecular formula is C15H32N2S. The molecule has 3 heteroatoms. The molecule has 0 amide bonds. The van der Waals surface area contributed by atoms with Gasteiger partial charge in [0.25, 0.3) is 0 Å². The maximum Gasteiger partial charge on any atom is 0.0108 e. The zero-order chi connectivity index (χ0) is 13.4. The van der Waals surface area contributed by atoms with Gasteiger partial charge < -0.3 is 10.2 Å². The van der Waals surface area contributed by atoms with Gasteiger partial charge in [0.05, 0.1) is 0 Å². The molecular weight excluding hydrogens is 240 g/mol. The molecule has 0 unspecified atom stereocenters. The van der Waals surface area contributed by atoms with Gasteiger partial charge in [-0.15, -0.1) is 0 Å². The summed E-state index contributed by atoms with van der Waals surface area (Å²) >= 11 is 2.09. The summed E-state index contributed by atoms with van der Waals surface area (Å²) in [6, 6.07) is 0.712. The highest BCUT2D eigenvalue weighted by Gasteiger charge is 2.14. The molecule has 0 aliphatic carbocycles. The van der Waals surface area contributed by atoms with Crippen molar-refractivity contribution in [3.8, 4) is 0 Å². The van der Waals surface area contributed by atoms with Crippen molar-refractivity contribution in [2.45, 2.75) is 46.6 Å². The number of rotatable bonds is 8. The average molecular weight is 273 g/mol. The van der Waals surface area contributed by atoms with Crippen molar-refractivity contribution in [1.29, 1.82) is 0 Å². The SMILES string of the molecule is CC(C)CC(CC(C)C)NCCN1CCSCC1. The molecule has 0 bridgehead atoms. The number of nitrogens with one attached hydrogen (secondary N) is 1. The van der Waals surface area contributed by atoms with Gasteiger partial charge in [0.1, 0.15) is 0 Å². The van der Waals surface area contributed by atoms with Gasteiger partial charge in [0, 0.05) is 43.7 Å². The summed E-state index contributed by atoms with van der Waals surface area (Å²) in [5, 5.41) is 3.78. The molecule has 1 aliphatic heterocycles. The van der Waals surface area contributed by atoms with Crippen molar-refractivity contribution in [2.24, 2.45) is 11.8 Å². The van der Waals surface area contributed by atoms with Crippen LogP contribution in [0.2, 0.25) is 0 Å². The van der Waals surface area contributed by atoms with Gasteiger partial charge >= 0.3 is 0 Å². The van der Waals surface area contributed by atoms with Crippen molar-refractivity contribution in [3.63, 3.8) is 0 Å². The lowest BCUT2D eigenvalue weighted by atomic mass is 9.95. The van der Waals surface area contributed by atoms with Gasteiger partial charge in [-0.1, -0.05) is 27.7 Å². The molecule has 18 heavy (non-hydrogen) atoms. The largest absolute Gasteiger partial charge is 0.313 e. The van der Waals surface area contributed by atoms with Crippen LogP contribution >= 0.6 is 11.8 Å². The van der Waals surface area contributed by atoms with E-state index in [0.717, 1.165) is 18.4 Å². The molecule has 0 saturated carbocycles. The smallest absolute Gasteiger partial charge is 0.0108 e. The first-order valence-electron chi connectivity index (χ1n) is 7.61. The van der Waals surface area contributed by atoms with Gasteiger partial charge in [0.15, 0.2) is 0 Å². The fraction of sp³-hybridized carbons (Fsp3) is 1.00. The van der Waals surface area contributed by atoms with Crippen LogP contribution < -0.4 is 5.32 Å². The zero-order valence-electron chi connectivity index (χ0n) is 12.7. The Kier molecular flexibility index (Phi) is 8.36. The molecule has 1 N–H and O–H groups in total. The lowest BCUT2D eigenvalue weighted by molar-refractivity contribution is 0.281. The third-order valence-electron chi connectivity index (χ3n) is 3.48. The minimum absolute atomic E-state index is 0.712. The Morgan fingerprint density at radius 3 is 2.06 bits per heavy atom. The van der Waals surface area contributed by atoms with E-state index in [2.05, 4.69) is 49.7 Å². The summed E-state index contributed by atoms with van der Waals surface area (Å²) in [7, 11) is 0. The molecule has 0 aromatic heterocycles. The lowest BCUT2D eigenvalue weighted by Crippen LogP contribution is -2.41. The van der Waals surface area contributed by atoms with Gasteiger partial charge in [-0.3, -0.25) is 0 Å². The van der Waals surface area contributed by atoms with Crippen LogP contribution in [-0.4, -0.2) is 48.6 Å². The molecule has 2 nitrogen and oxygen atoms in total. The van der Waals surface area contributed by atoms with Crippen LogP contribution in [0.3, 0.4) is 0 Å². The molecule has 1 heterocycles. The zero-order valence-corrected chi connectivity index (χ0v) is 13.6. The van der Waals surface area contributed by atoms with Crippen molar-refractivity contribution < 1.29 is 0 Å². The first-order chi connectivity index (χ1) is 8.58. The quantitative estimate of drug-likeness (QED) is 0.731. The van der Waals surface area contributed by atoms with Crippen LogP contribution in [0, 0.1) is 11.8 Å². The Balaban J connectivity index is 2.18. The van der Waals surface area contributed by atoms with Crippen LogP contribution in [-0.2, 0) is 0 Å². The first-order valence-corrected chi connectivity index (χ1v) is 8.77. The second-order valence-corrected chi connectivity index (χ2v) is 7.59. The Morgan fingerprint density at radius 2 is 1.56 bits per heavy atom. The summed E-state index contributed by atoms with van der Waals surface area (Å²) < 4.78 is 0. The predicted molar refractivity (Wildman–Crippen MR) is 84.5 cm³/mol. The van der Waals surface area contributed by atoms with Crippen molar-refractivity contribution in [3.05, 3.63) is 0 Å². The van der Waals surface area contributed by atoms with Crippen LogP contribution in [0.1, 0.15) is 40.5 Å². The molecule has 1 rings (SSSR count). The Morgan fingerprint density at radius 1 is 1.00 bits per heavy atom. The van der Waals surface area contributed by atoms with Crippen LogP contribution in [0.4, 0.5) is 0 Å². The fourth-order valence-electron chi connectivity index (χ4n) is 2.65. The molecule has 0 aromatic carbocycles. The van der Waals surface area contributed by atoms with E-state index >= 15 is 0 Å². The average Bonchev–Trinajstić information content (AvgIpc) is 2.28. The van der Waals surface area contributed by atoms with Gasteiger partial charge in [-0.2, -0.15) is 11.8 Å². The van der Waals surface area contributed by atoms with Crippen molar-refractivity contribution in [1.82, 2.24) is 10.2 Å². The highest BCUT2D eigenvalue weighted by molar-refractivity contribution is 7.99. The third-order valence-corrected chi connectivity index (χ3v) is 4.42. The summed E-state index contributed by atoms with van der Waals surface area (Å²) in [4.78, 5) is 2.60. The summed E-state index contributed by atoms with van der Waals surface area (Å²) in [6.45, 7) is 14.3. The maximum absolute atomic E-state index is 3.78. The highest BCUT2D eigenvalue weighted by Crippen LogP contribution is 2.13. The second-order valence-electron chi connectivity index (χ2n) is 6.36. The van der Waals surface area contributed by atoms with E-state index in [-0.39, 0.29) is 0 Å². The maximum atomic E-state index is 3.78. The molecule has 1 saturated heterocycles. The van der Waals surface area contributed by atoms with Crippen LogP contribution in [0.5, 0.6) is 0 Å². The Labute approximate surface area is 118 Å². The van der Waals surface area contributed by atoms with E-state index in [1.54, 1.807) is 0 Å². The predicted octanol–water partition coefficient (Wildman–Crippen LogP) is 3.09. The Hall–Kier alpha value is 0.270. The van der Waals surface area contributed by atoms with Gasteiger partial charge in [-0.05, 0) is 24.7 Å². The van der Waals surface area contributed by atoms with Crippen molar-refractivity contribution >= 4 is 11.8 Å². The molecule has 0 aromatic rings. The normalized spacial score (nSPS) is 18.2. The van der Waals surface area contributed by atoms with Gasteiger partial charge in [0.2, 0.25) is 0 Å². The summed E-state index contributed by atoms with van der Waals surface area (Å²) in [6.07, 6.45) is 2.63. The minimum atomic E-state index is 0.712. The number of nitrogens with zero attached hydrogens (tertiary/aromatic N) is 1. The fourth-order valence-corrected chi connectivity index (χ4v) is 3.63. The third kappa shape index (κ3) is 7.65. The monoisotopic (exact) mass is 272 g/mol. The molecule has 0 radical (unpaired) electrons. The van der Waals surface area contributed by atoms with E-state index in [1.165, 1.54) is 44.0 Å². The number of hydrogen-bond acceptors (Lipinski definition) is 3. The highest BCUT2D eigenvalue weighted by atomic mass is 32.2. The number of thioether (sulfide) groups is 1. The number of hydrogen-bond donors (Lipinski definition) is 1. The van der Waals surface area contributed by atoms with E-state index in [4.69, 9.17) is 0 Å². The van der Waals surface area contributed by atoms with Gasteiger partial charge in [-0.25, -0.2) is 0 Å². The molecule has 108 valence electrons. The molecule has 0 spiro atoms. The Bertz CT molecular complexity index is 191. The van der Waals surface area contributed by atoms with E-state index in [9.17, 15) is 0 Å².